The van der Waals surface area contributed by atoms with Crippen molar-refractivity contribution in [2.24, 2.45) is 0 Å². The van der Waals surface area contributed by atoms with Crippen LogP contribution < -0.4 is 14.8 Å². The minimum Gasteiger partial charge on any atom is -0.493 e. The van der Waals surface area contributed by atoms with Crippen molar-refractivity contribution < 1.29 is 14.3 Å². The summed E-state index contributed by atoms with van der Waals surface area (Å²) < 4.78 is 13.8. The van der Waals surface area contributed by atoms with Crippen molar-refractivity contribution in [1.82, 2.24) is 14.9 Å². The summed E-state index contributed by atoms with van der Waals surface area (Å²) >= 11 is 5.92. The van der Waals surface area contributed by atoms with E-state index in [1.165, 1.54) is 0 Å². The average molecular weight is 532 g/mol. The van der Waals surface area contributed by atoms with E-state index in [0.717, 1.165) is 65.3 Å². The first-order valence-corrected chi connectivity index (χ1v) is 13.3. The number of nitrogens with zero attached hydrogens (tertiary/aromatic N) is 2. The lowest BCUT2D eigenvalue weighted by Crippen LogP contribution is -2.26. The van der Waals surface area contributed by atoms with Gasteiger partial charge >= 0.3 is 0 Å². The van der Waals surface area contributed by atoms with Gasteiger partial charge in [-0.2, -0.15) is 0 Å². The van der Waals surface area contributed by atoms with Crippen LogP contribution in [0.25, 0.3) is 17.1 Å². The number of hydrogen-bond donors (Lipinski definition) is 1. The number of amides is 1. The zero-order valence-electron chi connectivity index (χ0n) is 22.0. The van der Waals surface area contributed by atoms with Crippen molar-refractivity contribution in [3.63, 3.8) is 0 Å². The van der Waals surface area contributed by atoms with Crippen LogP contribution in [-0.4, -0.2) is 35.7 Å². The third kappa shape index (κ3) is 7.39. The maximum atomic E-state index is 12.3. The van der Waals surface area contributed by atoms with E-state index in [9.17, 15) is 4.79 Å². The Morgan fingerprint density at radius 3 is 2.66 bits per heavy atom. The quantitative estimate of drug-likeness (QED) is 0.200. The molecule has 0 atom stereocenters. The molecule has 0 radical (unpaired) electrons. The molecular formula is C31H34ClN3O3. The molecule has 1 aromatic heterocycles. The number of aromatic nitrogens is 2. The molecule has 1 amide bonds. The second-order valence-corrected chi connectivity index (χ2v) is 9.47. The van der Waals surface area contributed by atoms with Gasteiger partial charge in [-0.15, -0.1) is 0 Å². The molecule has 0 saturated heterocycles. The molecule has 198 valence electrons. The number of imidazole rings is 1. The predicted octanol–water partition coefficient (Wildman–Crippen LogP) is 6.49. The van der Waals surface area contributed by atoms with Crippen LogP contribution in [0, 0.1) is 0 Å². The van der Waals surface area contributed by atoms with Gasteiger partial charge in [0.25, 0.3) is 0 Å². The number of fused-ring (bicyclic) bond motifs is 1. The molecule has 3 aromatic carbocycles. The van der Waals surface area contributed by atoms with Crippen LogP contribution in [0.2, 0.25) is 5.02 Å². The summed E-state index contributed by atoms with van der Waals surface area (Å²) in [6.45, 7) is 3.94. The lowest BCUT2D eigenvalue weighted by Gasteiger charge is -2.13. The van der Waals surface area contributed by atoms with Gasteiger partial charge in [0.05, 0.1) is 31.2 Å². The Hall–Kier alpha value is -3.77. The van der Waals surface area contributed by atoms with E-state index in [1.807, 2.05) is 67.6 Å². The zero-order valence-corrected chi connectivity index (χ0v) is 22.7. The first kappa shape index (κ1) is 27.3. The smallest absolute Gasteiger partial charge is 0.224 e. The third-order valence-corrected chi connectivity index (χ3v) is 6.49. The van der Waals surface area contributed by atoms with E-state index in [1.54, 1.807) is 19.2 Å². The largest absolute Gasteiger partial charge is 0.493 e. The van der Waals surface area contributed by atoms with Crippen LogP contribution in [0.1, 0.15) is 36.7 Å². The molecule has 4 aromatic rings. The summed E-state index contributed by atoms with van der Waals surface area (Å²) in [6.07, 6.45) is 6.78. The van der Waals surface area contributed by atoms with Crippen molar-refractivity contribution in [1.29, 1.82) is 0 Å². The Morgan fingerprint density at radius 1 is 1.05 bits per heavy atom. The molecule has 0 fully saturated rings. The van der Waals surface area contributed by atoms with Gasteiger partial charge in [0.15, 0.2) is 11.5 Å². The van der Waals surface area contributed by atoms with Crippen LogP contribution in [0.4, 0.5) is 0 Å². The first-order valence-electron chi connectivity index (χ1n) is 13.0. The number of carbonyl (C=O) groups excluding carboxylic acids is 1. The fraction of sp³-hybridized carbons (Fsp3) is 0.290. The number of para-hydroxylation sites is 2. The van der Waals surface area contributed by atoms with Gasteiger partial charge in [-0.3, -0.25) is 4.79 Å². The lowest BCUT2D eigenvalue weighted by atomic mass is 10.1. The van der Waals surface area contributed by atoms with E-state index >= 15 is 0 Å². The van der Waals surface area contributed by atoms with Crippen molar-refractivity contribution in [2.75, 3.05) is 20.3 Å². The number of rotatable bonds is 13. The van der Waals surface area contributed by atoms with Crippen molar-refractivity contribution in [2.45, 2.75) is 39.2 Å². The number of methoxy groups -OCH3 is 1. The van der Waals surface area contributed by atoms with Crippen LogP contribution in [0.15, 0.2) is 72.8 Å². The Kier molecular flexibility index (Phi) is 9.82. The van der Waals surface area contributed by atoms with Crippen molar-refractivity contribution >= 4 is 34.6 Å². The number of allylic oxidation sites excluding steroid dienone is 1. The fourth-order valence-electron chi connectivity index (χ4n) is 4.39. The van der Waals surface area contributed by atoms with Crippen LogP contribution >= 0.6 is 11.6 Å². The van der Waals surface area contributed by atoms with Gasteiger partial charge in [-0.1, -0.05) is 54.1 Å². The number of carbonyl (C=O) groups is 1. The Morgan fingerprint density at radius 2 is 1.87 bits per heavy atom. The molecule has 0 unspecified atom stereocenters. The molecule has 6 nitrogen and oxygen atoms in total. The van der Waals surface area contributed by atoms with Gasteiger partial charge in [-0.05, 0) is 67.3 Å². The molecule has 1 N–H and O–H groups in total. The van der Waals surface area contributed by atoms with Gasteiger partial charge in [-0.25, -0.2) is 4.98 Å². The molecule has 0 bridgehead atoms. The molecule has 38 heavy (non-hydrogen) atoms. The first-order chi connectivity index (χ1) is 18.6. The Balaban J connectivity index is 1.30. The van der Waals surface area contributed by atoms with Crippen LogP contribution in [0.5, 0.6) is 11.5 Å². The van der Waals surface area contributed by atoms with Crippen LogP contribution in [-0.2, 0) is 24.2 Å². The average Bonchev–Trinajstić information content (AvgIpc) is 3.28. The van der Waals surface area contributed by atoms with E-state index in [4.69, 9.17) is 26.1 Å². The summed E-state index contributed by atoms with van der Waals surface area (Å²) in [5, 5.41) is 3.69. The molecule has 0 spiro atoms. The van der Waals surface area contributed by atoms with Crippen LogP contribution in [0.3, 0.4) is 0 Å². The number of ether oxygens (including phenoxy) is 2. The van der Waals surface area contributed by atoms with E-state index < -0.39 is 0 Å². The Labute approximate surface area is 229 Å². The normalized spacial score (nSPS) is 11.2. The summed E-state index contributed by atoms with van der Waals surface area (Å²) in [5.74, 6) is 2.50. The molecular weight excluding hydrogens is 498 g/mol. The summed E-state index contributed by atoms with van der Waals surface area (Å²) in [6, 6.07) is 21.5. The maximum absolute atomic E-state index is 12.3. The zero-order chi connectivity index (χ0) is 26.7. The number of hydrogen-bond acceptors (Lipinski definition) is 4. The highest BCUT2D eigenvalue weighted by atomic mass is 35.5. The van der Waals surface area contributed by atoms with Gasteiger partial charge in [0, 0.05) is 24.5 Å². The van der Waals surface area contributed by atoms with E-state index in [0.29, 0.717) is 24.6 Å². The van der Waals surface area contributed by atoms with Crippen molar-refractivity contribution in [3.8, 4) is 11.5 Å². The van der Waals surface area contributed by atoms with Crippen molar-refractivity contribution in [3.05, 3.63) is 94.8 Å². The summed E-state index contributed by atoms with van der Waals surface area (Å²) in [7, 11) is 1.66. The van der Waals surface area contributed by atoms with E-state index in [2.05, 4.69) is 16.0 Å². The number of nitrogens with one attached hydrogen (secondary N) is 1. The SMILES string of the molecule is C/C=C/c1ccc(OCCCn2c(CCCNC(=O)Cc3ccc(Cl)cc3)nc3ccccc32)c(OC)c1. The maximum Gasteiger partial charge on any atom is 0.224 e. The molecule has 0 aliphatic heterocycles. The van der Waals surface area contributed by atoms with E-state index in [-0.39, 0.29) is 5.91 Å². The highest BCUT2D eigenvalue weighted by Gasteiger charge is 2.11. The summed E-state index contributed by atoms with van der Waals surface area (Å²) in [4.78, 5) is 17.2. The number of halogens is 1. The third-order valence-electron chi connectivity index (χ3n) is 6.24. The fourth-order valence-corrected chi connectivity index (χ4v) is 4.52. The topological polar surface area (TPSA) is 65.4 Å². The monoisotopic (exact) mass is 531 g/mol. The highest BCUT2D eigenvalue weighted by Crippen LogP contribution is 2.29. The predicted molar refractivity (Wildman–Crippen MR) is 154 cm³/mol. The van der Waals surface area contributed by atoms with Gasteiger partial charge in [0.2, 0.25) is 5.91 Å². The molecule has 7 heteroatoms. The van der Waals surface area contributed by atoms with Gasteiger partial charge in [0.1, 0.15) is 5.82 Å². The molecule has 4 rings (SSSR count). The van der Waals surface area contributed by atoms with Gasteiger partial charge < -0.3 is 19.4 Å². The minimum absolute atomic E-state index is 0.00662. The molecule has 1 heterocycles. The highest BCUT2D eigenvalue weighted by molar-refractivity contribution is 6.30. The standard InChI is InChI=1S/C31H34ClN3O3/c1-3-8-23-14-17-28(29(21-23)37-2)38-20-7-19-35-27-10-5-4-9-26(27)34-30(35)11-6-18-33-31(36)22-24-12-15-25(32)16-13-24/h3-5,8-10,12-17,21H,6-7,11,18-20,22H2,1-2H3,(H,33,36)/b8-3+. The second kappa shape index (κ2) is 13.7. The number of benzene rings is 3. The minimum atomic E-state index is 0.00662. The second-order valence-electron chi connectivity index (χ2n) is 9.04. The lowest BCUT2D eigenvalue weighted by molar-refractivity contribution is -0.120. The Bertz CT molecular complexity index is 1380. The molecule has 0 aliphatic carbocycles. The molecule has 0 saturated carbocycles. The molecule has 0 aliphatic rings. The number of aryl methyl sites for hydroxylation is 2. The summed E-state index contributed by atoms with van der Waals surface area (Å²) in [5.41, 5.74) is 4.12.